The summed E-state index contributed by atoms with van der Waals surface area (Å²) in [6.45, 7) is 0. The molecular formula is C11H10ClN3O2S. The van der Waals surface area contributed by atoms with Gasteiger partial charge in [-0.1, -0.05) is 17.7 Å². The van der Waals surface area contributed by atoms with Crippen LogP contribution in [0.1, 0.15) is 0 Å². The molecule has 0 spiro atoms. The van der Waals surface area contributed by atoms with Crippen LogP contribution in [0.5, 0.6) is 0 Å². The monoisotopic (exact) mass is 283 g/mol. The molecule has 0 aliphatic carbocycles. The van der Waals surface area contributed by atoms with Crippen molar-refractivity contribution in [1.29, 1.82) is 0 Å². The SMILES string of the molecule is Nc1ccc(Cl)c(S(=O)(=O)Nc2ccccn2)c1. The van der Waals surface area contributed by atoms with Gasteiger partial charge in [0.1, 0.15) is 10.7 Å². The van der Waals surface area contributed by atoms with Crippen molar-refractivity contribution >= 4 is 33.1 Å². The number of nitrogen functional groups attached to an aromatic ring is 1. The van der Waals surface area contributed by atoms with E-state index in [4.69, 9.17) is 17.3 Å². The first-order chi connectivity index (χ1) is 8.49. The molecule has 0 amide bonds. The summed E-state index contributed by atoms with van der Waals surface area (Å²) in [7, 11) is -3.79. The fraction of sp³-hybridized carbons (Fsp3) is 0. The number of nitrogens with one attached hydrogen (secondary N) is 1. The Morgan fingerprint density at radius 2 is 2.00 bits per heavy atom. The average Bonchev–Trinajstić information content (AvgIpc) is 2.33. The van der Waals surface area contributed by atoms with E-state index in [1.54, 1.807) is 12.1 Å². The predicted octanol–water partition coefficient (Wildman–Crippen LogP) is 2.12. The number of halogens is 1. The summed E-state index contributed by atoms with van der Waals surface area (Å²) in [5.74, 6) is 0.219. The number of nitrogens with two attached hydrogens (primary N) is 1. The minimum Gasteiger partial charge on any atom is -0.399 e. The van der Waals surface area contributed by atoms with Crippen LogP contribution in [0.2, 0.25) is 5.02 Å². The first-order valence-electron chi connectivity index (χ1n) is 4.98. The third kappa shape index (κ3) is 2.72. The fourth-order valence-electron chi connectivity index (χ4n) is 1.34. The number of aromatic nitrogens is 1. The topological polar surface area (TPSA) is 85.1 Å². The van der Waals surface area contributed by atoms with Crippen molar-refractivity contribution in [3.05, 3.63) is 47.6 Å². The minimum absolute atomic E-state index is 0.0742. The molecule has 1 heterocycles. The number of hydrogen-bond acceptors (Lipinski definition) is 4. The third-order valence-corrected chi connectivity index (χ3v) is 3.98. The molecule has 2 aromatic rings. The quantitative estimate of drug-likeness (QED) is 0.845. The van der Waals surface area contributed by atoms with E-state index in [2.05, 4.69) is 9.71 Å². The average molecular weight is 284 g/mol. The second-order valence-electron chi connectivity index (χ2n) is 3.51. The van der Waals surface area contributed by atoms with Crippen LogP contribution >= 0.6 is 11.6 Å². The van der Waals surface area contributed by atoms with Crippen LogP contribution in [0.15, 0.2) is 47.5 Å². The normalized spacial score (nSPS) is 11.2. The molecule has 0 aliphatic heterocycles. The van der Waals surface area contributed by atoms with Crippen LogP contribution in [0.3, 0.4) is 0 Å². The molecule has 5 nitrogen and oxygen atoms in total. The van der Waals surface area contributed by atoms with Gasteiger partial charge in [0.05, 0.1) is 5.02 Å². The van der Waals surface area contributed by atoms with Gasteiger partial charge in [-0.25, -0.2) is 13.4 Å². The molecular weight excluding hydrogens is 274 g/mol. The van der Waals surface area contributed by atoms with Gasteiger partial charge in [-0.3, -0.25) is 4.72 Å². The summed E-state index contributed by atoms with van der Waals surface area (Å²) in [5.41, 5.74) is 5.87. The number of benzene rings is 1. The lowest BCUT2D eigenvalue weighted by molar-refractivity contribution is 0.601. The maximum absolute atomic E-state index is 12.1. The molecule has 1 aromatic heterocycles. The molecule has 0 fully saturated rings. The Bertz CT molecular complexity index is 659. The highest BCUT2D eigenvalue weighted by molar-refractivity contribution is 7.92. The van der Waals surface area contributed by atoms with Crippen molar-refractivity contribution in [2.45, 2.75) is 4.90 Å². The largest absolute Gasteiger partial charge is 0.399 e. The predicted molar refractivity (Wildman–Crippen MR) is 70.9 cm³/mol. The molecule has 94 valence electrons. The van der Waals surface area contributed by atoms with E-state index in [-0.39, 0.29) is 15.7 Å². The summed E-state index contributed by atoms with van der Waals surface area (Å²) < 4.78 is 26.5. The van der Waals surface area contributed by atoms with E-state index >= 15 is 0 Å². The van der Waals surface area contributed by atoms with Crippen LogP contribution < -0.4 is 10.5 Å². The van der Waals surface area contributed by atoms with Crippen molar-refractivity contribution in [2.75, 3.05) is 10.5 Å². The molecule has 0 saturated heterocycles. The molecule has 18 heavy (non-hydrogen) atoms. The number of nitrogens with zero attached hydrogens (tertiary/aromatic N) is 1. The van der Waals surface area contributed by atoms with Crippen LogP contribution in [0.4, 0.5) is 11.5 Å². The van der Waals surface area contributed by atoms with Crippen LogP contribution in [-0.2, 0) is 10.0 Å². The second-order valence-corrected chi connectivity index (χ2v) is 5.57. The Labute approximate surface area is 110 Å². The van der Waals surface area contributed by atoms with Gasteiger partial charge in [-0.2, -0.15) is 0 Å². The molecule has 0 radical (unpaired) electrons. The summed E-state index contributed by atoms with van der Waals surface area (Å²) in [4.78, 5) is 3.80. The number of anilines is 2. The van der Waals surface area contributed by atoms with Crippen LogP contribution in [0, 0.1) is 0 Å². The lowest BCUT2D eigenvalue weighted by Crippen LogP contribution is -2.14. The fourth-order valence-corrected chi connectivity index (χ4v) is 2.89. The van der Waals surface area contributed by atoms with Gasteiger partial charge in [0.25, 0.3) is 10.0 Å². The number of hydrogen-bond donors (Lipinski definition) is 2. The molecule has 7 heteroatoms. The molecule has 0 bridgehead atoms. The first-order valence-corrected chi connectivity index (χ1v) is 6.84. The standard InChI is InChI=1S/C11H10ClN3O2S/c12-9-5-4-8(13)7-10(9)18(16,17)15-11-3-1-2-6-14-11/h1-7H,13H2,(H,14,15). The Kier molecular flexibility index (Phi) is 3.40. The smallest absolute Gasteiger partial charge is 0.264 e. The highest BCUT2D eigenvalue weighted by Gasteiger charge is 2.18. The molecule has 1 aromatic carbocycles. The highest BCUT2D eigenvalue weighted by Crippen LogP contribution is 2.25. The first kappa shape index (κ1) is 12.7. The number of rotatable bonds is 3. The maximum atomic E-state index is 12.1. The summed E-state index contributed by atoms with van der Waals surface area (Å²) >= 11 is 5.85. The lowest BCUT2D eigenvalue weighted by Gasteiger charge is -2.09. The van der Waals surface area contributed by atoms with Gasteiger partial charge >= 0.3 is 0 Å². The van der Waals surface area contributed by atoms with Crippen molar-refractivity contribution in [3.63, 3.8) is 0 Å². The summed E-state index contributed by atoms with van der Waals surface area (Å²) in [6.07, 6.45) is 1.48. The molecule has 0 saturated carbocycles. The second kappa shape index (κ2) is 4.83. The lowest BCUT2D eigenvalue weighted by atomic mass is 10.3. The molecule has 0 aliphatic rings. The molecule has 0 atom stereocenters. The van der Waals surface area contributed by atoms with Crippen molar-refractivity contribution in [3.8, 4) is 0 Å². The van der Waals surface area contributed by atoms with Gasteiger partial charge in [-0.15, -0.1) is 0 Å². The van der Waals surface area contributed by atoms with Crippen LogP contribution in [-0.4, -0.2) is 13.4 Å². The Hall–Kier alpha value is -1.79. The van der Waals surface area contributed by atoms with Gasteiger partial charge in [0.2, 0.25) is 0 Å². The Morgan fingerprint density at radius 3 is 2.67 bits per heavy atom. The van der Waals surface area contributed by atoms with Gasteiger partial charge in [-0.05, 0) is 30.3 Å². The molecule has 0 unspecified atom stereocenters. The summed E-state index contributed by atoms with van der Waals surface area (Å²) in [6, 6.07) is 9.16. The van der Waals surface area contributed by atoms with Gasteiger partial charge < -0.3 is 5.73 Å². The number of pyridine rings is 1. The minimum atomic E-state index is -3.79. The summed E-state index contributed by atoms with van der Waals surface area (Å²) in [5, 5.41) is 0.104. The van der Waals surface area contributed by atoms with Gasteiger partial charge in [0, 0.05) is 11.9 Å². The van der Waals surface area contributed by atoms with Crippen LogP contribution in [0.25, 0.3) is 0 Å². The molecule has 2 rings (SSSR count). The van der Waals surface area contributed by atoms with Crippen molar-refractivity contribution in [1.82, 2.24) is 4.98 Å². The van der Waals surface area contributed by atoms with Crippen molar-refractivity contribution in [2.24, 2.45) is 0 Å². The van der Waals surface area contributed by atoms with E-state index in [0.717, 1.165) is 0 Å². The Balaban J connectivity index is 2.40. The Morgan fingerprint density at radius 1 is 1.22 bits per heavy atom. The van der Waals surface area contributed by atoms with E-state index in [1.807, 2.05) is 0 Å². The zero-order valence-corrected chi connectivity index (χ0v) is 10.7. The zero-order valence-electron chi connectivity index (χ0n) is 9.17. The van der Waals surface area contributed by atoms with E-state index in [1.165, 1.54) is 30.5 Å². The van der Waals surface area contributed by atoms with E-state index in [9.17, 15) is 8.42 Å². The third-order valence-electron chi connectivity index (χ3n) is 2.15. The van der Waals surface area contributed by atoms with E-state index in [0.29, 0.717) is 5.69 Å². The maximum Gasteiger partial charge on any atom is 0.264 e. The zero-order chi connectivity index (χ0) is 13.2. The molecule has 3 N–H and O–H groups in total. The van der Waals surface area contributed by atoms with Gasteiger partial charge in [0.15, 0.2) is 0 Å². The van der Waals surface area contributed by atoms with Crippen molar-refractivity contribution < 1.29 is 8.42 Å². The highest BCUT2D eigenvalue weighted by atomic mass is 35.5. The number of sulfonamides is 1. The van der Waals surface area contributed by atoms with E-state index < -0.39 is 10.0 Å².